The van der Waals surface area contributed by atoms with Crippen molar-refractivity contribution in [2.75, 3.05) is 7.05 Å². The van der Waals surface area contributed by atoms with Crippen LogP contribution < -0.4 is 0 Å². The molecule has 12 heavy (non-hydrogen) atoms. The zero-order chi connectivity index (χ0) is 9.89. The van der Waals surface area contributed by atoms with E-state index < -0.39 is 24.0 Å². The standard InChI is InChI=1S/C7H13NO4/c1-4(6(9)10)8(3)5(2)7(11)12/h4-5H,1-3H3,(H,9,10)(H,11,12)/t4-,5-/m0/s1. The molecule has 0 saturated carbocycles. The third kappa shape index (κ3) is 2.50. The summed E-state index contributed by atoms with van der Waals surface area (Å²) in [5.41, 5.74) is 0. The molecular formula is C7H13NO4. The molecule has 0 radical (unpaired) electrons. The summed E-state index contributed by atoms with van der Waals surface area (Å²) in [5, 5.41) is 17.1. The molecule has 5 nitrogen and oxygen atoms in total. The number of nitrogens with zero attached hydrogens (tertiary/aromatic N) is 1. The Bertz CT molecular complexity index is 172. The van der Waals surface area contributed by atoms with E-state index in [1.54, 1.807) is 0 Å². The minimum Gasteiger partial charge on any atom is -0.480 e. The molecule has 5 heteroatoms. The van der Waals surface area contributed by atoms with Crippen LogP contribution in [0.2, 0.25) is 0 Å². The number of hydrogen-bond acceptors (Lipinski definition) is 3. The van der Waals surface area contributed by atoms with Crippen molar-refractivity contribution in [1.82, 2.24) is 4.90 Å². The lowest BCUT2D eigenvalue weighted by Gasteiger charge is -2.24. The van der Waals surface area contributed by atoms with Crippen molar-refractivity contribution in [3.05, 3.63) is 0 Å². The summed E-state index contributed by atoms with van der Waals surface area (Å²) in [5.74, 6) is -2.05. The highest BCUT2D eigenvalue weighted by Gasteiger charge is 2.25. The SMILES string of the molecule is C[C@@H](C(=O)O)N(C)[C@@H](C)C(=O)O. The molecule has 0 aliphatic heterocycles. The van der Waals surface area contributed by atoms with Gasteiger partial charge in [0.05, 0.1) is 0 Å². The monoisotopic (exact) mass is 175 g/mol. The van der Waals surface area contributed by atoms with E-state index in [9.17, 15) is 9.59 Å². The molecule has 0 amide bonds. The van der Waals surface area contributed by atoms with Gasteiger partial charge in [-0.2, -0.15) is 0 Å². The van der Waals surface area contributed by atoms with Crippen molar-refractivity contribution in [2.24, 2.45) is 0 Å². The van der Waals surface area contributed by atoms with Gasteiger partial charge in [0.15, 0.2) is 0 Å². The van der Waals surface area contributed by atoms with E-state index in [4.69, 9.17) is 10.2 Å². The van der Waals surface area contributed by atoms with Gasteiger partial charge in [-0.15, -0.1) is 0 Å². The third-order valence-corrected chi connectivity index (χ3v) is 1.94. The van der Waals surface area contributed by atoms with Crippen molar-refractivity contribution in [2.45, 2.75) is 25.9 Å². The molecule has 2 atom stereocenters. The van der Waals surface area contributed by atoms with Gasteiger partial charge in [-0.05, 0) is 20.9 Å². The largest absolute Gasteiger partial charge is 0.480 e. The van der Waals surface area contributed by atoms with Gasteiger partial charge in [-0.25, -0.2) is 0 Å². The van der Waals surface area contributed by atoms with Crippen LogP contribution in [0.25, 0.3) is 0 Å². The van der Waals surface area contributed by atoms with E-state index in [0.717, 1.165) is 0 Å². The molecule has 0 unspecified atom stereocenters. The van der Waals surface area contributed by atoms with Crippen LogP contribution in [0.3, 0.4) is 0 Å². The normalized spacial score (nSPS) is 15.7. The van der Waals surface area contributed by atoms with Gasteiger partial charge in [0.2, 0.25) is 0 Å². The van der Waals surface area contributed by atoms with Crippen LogP contribution in [-0.2, 0) is 9.59 Å². The first kappa shape index (κ1) is 10.9. The summed E-state index contributed by atoms with van der Waals surface area (Å²) in [4.78, 5) is 22.1. The van der Waals surface area contributed by atoms with Crippen LogP contribution in [0.4, 0.5) is 0 Å². The molecule has 0 bridgehead atoms. The van der Waals surface area contributed by atoms with Gasteiger partial charge in [0.25, 0.3) is 0 Å². The number of carboxylic acids is 2. The average molecular weight is 175 g/mol. The first-order chi connectivity index (χ1) is 5.37. The molecule has 0 spiro atoms. The molecule has 2 N–H and O–H groups in total. The Hall–Kier alpha value is -1.10. The summed E-state index contributed by atoms with van der Waals surface area (Å²) < 4.78 is 0. The lowest BCUT2D eigenvalue weighted by Crippen LogP contribution is -2.45. The Morgan fingerprint density at radius 3 is 1.50 bits per heavy atom. The van der Waals surface area contributed by atoms with Crippen molar-refractivity contribution in [1.29, 1.82) is 0 Å². The Morgan fingerprint density at radius 2 is 1.33 bits per heavy atom. The van der Waals surface area contributed by atoms with E-state index in [2.05, 4.69) is 0 Å². The molecule has 0 aliphatic carbocycles. The second kappa shape index (κ2) is 4.06. The van der Waals surface area contributed by atoms with E-state index in [1.807, 2.05) is 0 Å². The number of rotatable bonds is 4. The predicted octanol–water partition coefficient (Wildman–Crippen LogP) is -0.136. The Kier molecular flexibility index (Phi) is 3.69. The summed E-state index contributed by atoms with van der Waals surface area (Å²) in [6.45, 7) is 2.89. The van der Waals surface area contributed by atoms with Crippen LogP contribution in [0.1, 0.15) is 13.8 Å². The molecule has 0 aromatic rings. The predicted molar refractivity (Wildman–Crippen MR) is 42.0 cm³/mol. The van der Waals surface area contributed by atoms with Gasteiger partial charge in [0.1, 0.15) is 12.1 Å². The Morgan fingerprint density at radius 1 is 1.08 bits per heavy atom. The summed E-state index contributed by atoms with van der Waals surface area (Å²) >= 11 is 0. The van der Waals surface area contributed by atoms with E-state index >= 15 is 0 Å². The quantitative estimate of drug-likeness (QED) is 0.622. The van der Waals surface area contributed by atoms with Crippen LogP contribution in [-0.4, -0.2) is 46.2 Å². The molecule has 0 fully saturated rings. The maximum atomic E-state index is 10.4. The fraction of sp³-hybridized carbons (Fsp3) is 0.714. The van der Waals surface area contributed by atoms with Gasteiger partial charge >= 0.3 is 11.9 Å². The van der Waals surface area contributed by atoms with E-state index in [1.165, 1.54) is 25.8 Å². The molecule has 0 heterocycles. The molecule has 0 aromatic carbocycles. The number of hydrogen-bond donors (Lipinski definition) is 2. The van der Waals surface area contributed by atoms with E-state index in [-0.39, 0.29) is 0 Å². The van der Waals surface area contributed by atoms with Gasteiger partial charge in [-0.3, -0.25) is 14.5 Å². The summed E-state index contributed by atoms with van der Waals surface area (Å²) in [6.07, 6.45) is 0. The maximum Gasteiger partial charge on any atom is 0.320 e. The van der Waals surface area contributed by atoms with Crippen LogP contribution in [0, 0.1) is 0 Å². The smallest absolute Gasteiger partial charge is 0.320 e. The van der Waals surface area contributed by atoms with Crippen LogP contribution >= 0.6 is 0 Å². The number of carbonyl (C=O) groups is 2. The Balaban J connectivity index is 4.28. The molecule has 0 saturated heterocycles. The average Bonchev–Trinajstić information content (AvgIpc) is 2.00. The number of likely N-dealkylation sites (N-methyl/N-ethyl adjacent to an activating group) is 1. The molecule has 0 rings (SSSR count). The topological polar surface area (TPSA) is 77.8 Å². The highest BCUT2D eigenvalue weighted by atomic mass is 16.4. The lowest BCUT2D eigenvalue weighted by molar-refractivity contribution is -0.148. The summed E-state index contributed by atoms with van der Waals surface area (Å²) in [6, 6.07) is -1.56. The third-order valence-electron chi connectivity index (χ3n) is 1.94. The number of aliphatic carboxylic acids is 2. The minimum absolute atomic E-state index is 0.781. The maximum absolute atomic E-state index is 10.4. The van der Waals surface area contributed by atoms with Crippen LogP contribution in [0.5, 0.6) is 0 Å². The van der Waals surface area contributed by atoms with E-state index in [0.29, 0.717) is 0 Å². The van der Waals surface area contributed by atoms with Crippen molar-refractivity contribution < 1.29 is 19.8 Å². The fourth-order valence-corrected chi connectivity index (χ4v) is 0.684. The minimum atomic E-state index is -1.02. The van der Waals surface area contributed by atoms with Gasteiger partial charge in [-0.1, -0.05) is 0 Å². The van der Waals surface area contributed by atoms with Crippen molar-refractivity contribution >= 4 is 11.9 Å². The van der Waals surface area contributed by atoms with Crippen LogP contribution in [0.15, 0.2) is 0 Å². The molecular weight excluding hydrogens is 162 g/mol. The van der Waals surface area contributed by atoms with Crippen molar-refractivity contribution in [3.8, 4) is 0 Å². The zero-order valence-corrected chi connectivity index (χ0v) is 7.31. The second-order valence-corrected chi connectivity index (χ2v) is 2.69. The van der Waals surface area contributed by atoms with Crippen molar-refractivity contribution in [3.63, 3.8) is 0 Å². The van der Waals surface area contributed by atoms with Gasteiger partial charge in [0, 0.05) is 0 Å². The fourth-order valence-electron chi connectivity index (χ4n) is 0.684. The number of carboxylic acid groups (broad SMARTS) is 2. The second-order valence-electron chi connectivity index (χ2n) is 2.69. The first-order valence-electron chi connectivity index (χ1n) is 3.55. The highest BCUT2D eigenvalue weighted by molar-refractivity contribution is 5.76. The first-order valence-corrected chi connectivity index (χ1v) is 3.55. The lowest BCUT2D eigenvalue weighted by atomic mass is 10.2. The molecule has 0 aliphatic rings. The Labute approximate surface area is 70.6 Å². The van der Waals surface area contributed by atoms with Gasteiger partial charge < -0.3 is 10.2 Å². The molecule has 0 aromatic heterocycles. The molecule has 70 valence electrons. The zero-order valence-electron chi connectivity index (χ0n) is 7.31. The summed E-state index contributed by atoms with van der Waals surface area (Å²) in [7, 11) is 1.47. The highest BCUT2D eigenvalue weighted by Crippen LogP contribution is 2.02.